The van der Waals surface area contributed by atoms with Crippen molar-refractivity contribution in [1.82, 2.24) is 0 Å². The van der Waals surface area contributed by atoms with Crippen molar-refractivity contribution in [2.45, 2.75) is 6.92 Å². The minimum atomic E-state index is -0.826. The number of esters is 1. The summed E-state index contributed by atoms with van der Waals surface area (Å²) in [5, 5.41) is 16.2. The van der Waals surface area contributed by atoms with Crippen LogP contribution >= 0.6 is 0 Å². The quantitative estimate of drug-likeness (QED) is 0.474. The number of nitro benzene ring substituents is 1. The van der Waals surface area contributed by atoms with E-state index in [2.05, 4.69) is 10.6 Å². The van der Waals surface area contributed by atoms with Crippen LogP contribution in [-0.4, -0.2) is 30.5 Å². The van der Waals surface area contributed by atoms with Crippen LogP contribution in [0.4, 0.5) is 17.1 Å². The maximum Gasteiger partial charge on any atom is 0.341 e. The maximum atomic E-state index is 12.1. The van der Waals surface area contributed by atoms with Crippen molar-refractivity contribution in [2.75, 3.05) is 24.3 Å². The second-order valence-electron chi connectivity index (χ2n) is 5.23. The molecule has 130 valence electrons. The third-order valence-corrected chi connectivity index (χ3v) is 3.34. The summed E-state index contributed by atoms with van der Waals surface area (Å²) in [6.45, 7) is 1.38. The van der Waals surface area contributed by atoms with Crippen LogP contribution in [0.3, 0.4) is 0 Å². The molecule has 0 saturated carbocycles. The highest BCUT2D eigenvalue weighted by molar-refractivity contribution is 5.99. The van der Waals surface area contributed by atoms with E-state index in [4.69, 9.17) is 4.74 Å². The zero-order valence-electron chi connectivity index (χ0n) is 13.7. The van der Waals surface area contributed by atoms with Crippen LogP contribution in [0.1, 0.15) is 15.9 Å². The van der Waals surface area contributed by atoms with E-state index in [1.807, 2.05) is 13.0 Å². The van der Waals surface area contributed by atoms with E-state index in [-0.39, 0.29) is 11.3 Å². The molecular formula is C17H17N3O5. The minimum Gasteiger partial charge on any atom is -0.452 e. The van der Waals surface area contributed by atoms with Gasteiger partial charge in [-0.1, -0.05) is 12.1 Å². The average Bonchev–Trinajstić information content (AvgIpc) is 2.59. The van der Waals surface area contributed by atoms with Crippen molar-refractivity contribution in [3.05, 3.63) is 63.7 Å². The van der Waals surface area contributed by atoms with E-state index < -0.39 is 23.4 Å². The lowest BCUT2D eigenvalue weighted by Gasteiger charge is -2.10. The van der Waals surface area contributed by atoms with E-state index in [1.165, 1.54) is 12.1 Å². The van der Waals surface area contributed by atoms with E-state index in [1.54, 1.807) is 25.2 Å². The number of nitrogens with zero attached hydrogens (tertiary/aromatic N) is 1. The summed E-state index contributed by atoms with van der Waals surface area (Å²) in [5.74, 6) is -1.33. The summed E-state index contributed by atoms with van der Waals surface area (Å²) in [4.78, 5) is 34.3. The van der Waals surface area contributed by atoms with Gasteiger partial charge < -0.3 is 15.4 Å². The van der Waals surface area contributed by atoms with Crippen LogP contribution in [0.5, 0.6) is 0 Å². The zero-order valence-corrected chi connectivity index (χ0v) is 13.7. The van der Waals surface area contributed by atoms with Gasteiger partial charge in [-0.2, -0.15) is 0 Å². The smallest absolute Gasteiger partial charge is 0.341 e. The highest BCUT2D eigenvalue weighted by Gasteiger charge is 2.18. The molecule has 2 rings (SSSR count). The summed E-state index contributed by atoms with van der Waals surface area (Å²) >= 11 is 0. The lowest BCUT2D eigenvalue weighted by molar-refractivity contribution is -0.384. The first-order valence-corrected chi connectivity index (χ1v) is 7.40. The summed E-state index contributed by atoms with van der Waals surface area (Å²) in [5.41, 5.74) is 1.68. The fourth-order valence-electron chi connectivity index (χ4n) is 2.16. The van der Waals surface area contributed by atoms with Crippen molar-refractivity contribution in [3.63, 3.8) is 0 Å². The van der Waals surface area contributed by atoms with E-state index in [0.717, 1.165) is 11.6 Å². The zero-order chi connectivity index (χ0) is 18.4. The molecule has 0 bridgehead atoms. The number of nitro groups is 1. The molecule has 0 unspecified atom stereocenters. The van der Waals surface area contributed by atoms with Gasteiger partial charge in [-0.15, -0.1) is 0 Å². The molecule has 0 radical (unpaired) electrons. The molecule has 25 heavy (non-hydrogen) atoms. The van der Waals surface area contributed by atoms with Gasteiger partial charge in [0, 0.05) is 30.6 Å². The third kappa shape index (κ3) is 4.77. The van der Waals surface area contributed by atoms with Gasteiger partial charge in [-0.3, -0.25) is 14.9 Å². The number of rotatable bonds is 6. The number of anilines is 2. The molecule has 8 nitrogen and oxygen atoms in total. The second-order valence-corrected chi connectivity index (χ2v) is 5.23. The Bertz CT molecular complexity index is 820. The van der Waals surface area contributed by atoms with E-state index in [0.29, 0.717) is 11.4 Å². The van der Waals surface area contributed by atoms with Gasteiger partial charge >= 0.3 is 5.97 Å². The Morgan fingerprint density at radius 1 is 1.20 bits per heavy atom. The van der Waals surface area contributed by atoms with Crippen molar-refractivity contribution in [3.8, 4) is 0 Å². The van der Waals surface area contributed by atoms with Crippen LogP contribution < -0.4 is 10.6 Å². The molecule has 0 spiro atoms. The molecular weight excluding hydrogens is 326 g/mol. The Hall–Kier alpha value is -3.42. The number of non-ortho nitro benzene ring substituents is 1. The Kier molecular flexibility index (Phi) is 5.67. The minimum absolute atomic E-state index is 0.0138. The van der Waals surface area contributed by atoms with Crippen LogP contribution in [0.15, 0.2) is 42.5 Å². The Morgan fingerprint density at radius 2 is 1.96 bits per heavy atom. The summed E-state index contributed by atoms with van der Waals surface area (Å²) < 4.78 is 4.96. The average molecular weight is 343 g/mol. The van der Waals surface area contributed by atoms with Gasteiger partial charge in [0.1, 0.15) is 0 Å². The van der Waals surface area contributed by atoms with Crippen LogP contribution in [-0.2, 0) is 9.53 Å². The number of carbonyl (C=O) groups is 2. The van der Waals surface area contributed by atoms with Crippen LogP contribution in [0.25, 0.3) is 0 Å². The van der Waals surface area contributed by atoms with Crippen molar-refractivity contribution < 1.29 is 19.2 Å². The van der Waals surface area contributed by atoms with Gasteiger partial charge in [0.05, 0.1) is 10.5 Å². The molecule has 1 amide bonds. The van der Waals surface area contributed by atoms with Gasteiger partial charge in [0.15, 0.2) is 6.61 Å². The van der Waals surface area contributed by atoms with Crippen LogP contribution in [0.2, 0.25) is 0 Å². The standard InChI is InChI=1S/C17H17N3O5/c1-11-4-3-5-12(8-11)19-16(21)10-25-17(22)14-9-13(20(23)24)6-7-15(14)18-2/h3-9,18H,10H2,1-2H3,(H,19,21). The Balaban J connectivity index is 2.03. The van der Waals surface area contributed by atoms with Gasteiger partial charge in [-0.05, 0) is 30.7 Å². The summed E-state index contributed by atoms with van der Waals surface area (Å²) in [7, 11) is 1.57. The highest BCUT2D eigenvalue weighted by atomic mass is 16.6. The predicted molar refractivity (Wildman–Crippen MR) is 92.7 cm³/mol. The number of amides is 1. The molecule has 0 saturated heterocycles. The molecule has 2 N–H and O–H groups in total. The molecule has 0 heterocycles. The summed E-state index contributed by atoms with van der Waals surface area (Å²) in [6, 6.07) is 10.9. The molecule has 0 aliphatic carbocycles. The second kappa shape index (κ2) is 7.91. The predicted octanol–water partition coefficient (Wildman–Crippen LogP) is 2.74. The van der Waals surface area contributed by atoms with E-state index in [9.17, 15) is 19.7 Å². The Morgan fingerprint density at radius 3 is 2.60 bits per heavy atom. The first kappa shape index (κ1) is 17.9. The van der Waals surface area contributed by atoms with Gasteiger partial charge in [0.2, 0.25) is 0 Å². The molecule has 0 atom stereocenters. The fourth-order valence-corrected chi connectivity index (χ4v) is 2.16. The number of carbonyl (C=O) groups excluding carboxylic acids is 2. The molecule has 8 heteroatoms. The largest absolute Gasteiger partial charge is 0.452 e. The number of ether oxygens (including phenoxy) is 1. The topological polar surface area (TPSA) is 111 Å². The van der Waals surface area contributed by atoms with Gasteiger partial charge in [-0.25, -0.2) is 4.79 Å². The first-order chi connectivity index (χ1) is 11.9. The monoisotopic (exact) mass is 343 g/mol. The maximum absolute atomic E-state index is 12.1. The highest BCUT2D eigenvalue weighted by Crippen LogP contribution is 2.22. The lowest BCUT2D eigenvalue weighted by Crippen LogP contribution is -2.21. The molecule has 2 aromatic rings. The summed E-state index contributed by atoms with van der Waals surface area (Å²) in [6.07, 6.45) is 0. The number of hydrogen-bond donors (Lipinski definition) is 2. The number of hydrogen-bond acceptors (Lipinski definition) is 6. The lowest BCUT2D eigenvalue weighted by atomic mass is 10.1. The normalized spacial score (nSPS) is 10.0. The molecule has 0 aliphatic rings. The van der Waals surface area contributed by atoms with Crippen molar-refractivity contribution in [2.24, 2.45) is 0 Å². The number of aryl methyl sites for hydroxylation is 1. The Labute approximate surface area is 144 Å². The first-order valence-electron chi connectivity index (χ1n) is 7.40. The fraction of sp³-hybridized carbons (Fsp3) is 0.176. The number of benzene rings is 2. The van der Waals surface area contributed by atoms with Gasteiger partial charge in [0.25, 0.3) is 11.6 Å². The molecule has 0 aromatic heterocycles. The molecule has 0 fully saturated rings. The van der Waals surface area contributed by atoms with E-state index >= 15 is 0 Å². The van der Waals surface area contributed by atoms with Crippen molar-refractivity contribution in [1.29, 1.82) is 0 Å². The third-order valence-electron chi connectivity index (χ3n) is 3.34. The SMILES string of the molecule is CNc1ccc([N+](=O)[O-])cc1C(=O)OCC(=O)Nc1cccc(C)c1. The number of nitrogens with one attached hydrogen (secondary N) is 2. The van der Waals surface area contributed by atoms with Crippen LogP contribution in [0, 0.1) is 17.0 Å². The molecule has 0 aliphatic heterocycles. The molecule has 2 aromatic carbocycles. The van der Waals surface area contributed by atoms with Crippen molar-refractivity contribution >= 4 is 28.9 Å².